The number of aliphatic hydroxyl groups excluding tert-OH is 9. The van der Waals surface area contributed by atoms with E-state index >= 15 is 0 Å². The van der Waals surface area contributed by atoms with E-state index in [0.29, 0.717) is 6.42 Å². The van der Waals surface area contributed by atoms with E-state index in [4.69, 9.17) is 51.1 Å². The van der Waals surface area contributed by atoms with Crippen molar-refractivity contribution in [2.24, 2.45) is 0 Å². The van der Waals surface area contributed by atoms with Crippen LogP contribution < -0.4 is 0 Å². The van der Waals surface area contributed by atoms with Gasteiger partial charge in [-0.3, -0.25) is 4.79 Å². The van der Waals surface area contributed by atoms with Crippen LogP contribution in [0.5, 0.6) is 0 Å². The van der Waals surface area contributed by atoms with Gasteiger partial charge in [0.1, 0.15) is 30.5 Å². The monoisotopic (exact) mass is 474 g/mol. The standard InChI is InChI=1S/C12H24O2.C6H14O6.C3H8O3/c1-2-3-4-5-6-7-8-9-10-11-12(13)14;7-1-3(9)5(11)6(12)4(10)2-8;4-1-3(6)2-5/h2-11H2,1H3,(H,13,14);3-12H,1-2H2;3-6H,1-2H2. The summed E-state index contributed by atoms with van der Waals surface area (Å²) in [5.74, 6) is -0.659. The smallest absolute Gasteiger partial charge is 0.303 e. The van der Waals surface area contributed by atoms with Crippen LogP contribution in [0.2, 0.25) is 0 Å². The van der Waals surface area contributed by atoms with Crippen LogP contribution in [0.3, 0.4) is 0 Å². The lowest BCUT2D eigenvalue weighted by atomic mass is 10.0. The quantitative estimate of drug-likeness (QED) is 0.112. The van der Waals surface area contributed by atoms with Crippen LogP contribution in [0.1, 0.15) is 71.1 Å². The van der Waals surface area contributed by atoms with E-state index in [9.17, 15) is 4.79 Å². The minimum Gasteiger partial charge on any atom is -0.481 e. The van der Waals surface area contributed by atoms with Gasteiger partial charge in [0, 0.05) is 6.42 Å². The molecule has 0 fully saturated rings. The lowest BCUT2D eigenvalue weighted by molar-refractivity contribution is -0.137. The highest BCUT2D eigenvalue weighted by Gasteiger charge is 2.29. The third-order valence-corrected chi connectivity index (χ3v) is 4.43. The molecule has 0 saturated carbocycles. The van der Waals surface area contributed by atoms with E-state index < -0.39 is 49.7 Å². The molecule has 0 aliphatic carbocycles. The van der Waals surface area contributed by atoms with E-state index in [1.165, 1.54) is 44.9 Å². The number of hydrogen-bond donors (Lipinski definition) is 10. The molecule has 10 N–H and O–H groups in total. The second kappa shape index (κ2) is 26.4. The zero-order valence-electron chi connectivity index (χ0n) is 19.2. The van der Waals surface area contributed by atoms with Gasteiger partial charge in [0.15, 0.2) is 0 Å². The molecule has 0 aromatic rings. The molecule has 0 amide bonds. The number of carboxylic acids is 1. The molecule has 0 spiro atoms. The van der Waals surface area contributed by atoms with Gasteiger partial charge in [0.25, 0.3) is 0 Å². The summed E-state index contributed by atoms with van der Waals surface area (Å²) in [7, 11) is 0. The predicted octanol–water partition coefficient (Wildman–Crippen LogP) is -1.26. The number of rotatable bonds is 17. The van der Waals surface area contributed by atoms with Crippen LogP contribution >= 0.6 is 0 Å². The van der Waals surface area contributed by atoms with Gasteiger partial charge >= 0.3 is 5.97 Å². The summed E-state index contributed by atoms with van der Waals surface area (Å²) in [5, 5.41) is 84.6. The Kier molecular flexibility index (Phi) is 29.4. The van der Waals surface area contributed by atoms with Crippen molar-refractivity contribution < 1.29 is 55.9 Å². The largest absolute Gasteiger partial charge is 0.481 e. The van der Waals surface area contributed by atoms with Crippen molar-refractivity contribution in [1.29, 1.82) is 0 Å². The van der Waals surface area contributed by atoms with E-state index in [-0.39, 0.29) is 13.2 Å². The Morgan fingerprint density at radius 2 is 0.938 bits per heavy atom. The van der Waals surface area contributed by atoms with Crippen LogP contribution in [0.25, 0.3) is 0 Å². The molecule has 0 bridgehead atoms. The minimum absolute atomic E-state index is 0.343. The number of unbranched alkanes of at least 4 members (excludes halogenated alkanes) is 8. The number of carboxylic acid groups (broad SMARTS) is 1. The molecule has 11 heteroatoms. The highest BCUT2D eigenvalue weighted by molar-refractivity contribution is 5.66. The molecule has 196 valence electrons. The summed E-state index contributed by atoms with van der Waals surface area (Å²) in [6.07, 6.45) is 4.13. The maximum atomic E-state index is 10.2. The van der Waals surface area contributed by atoms with Crippen molar-refractivity contribution >= 4 is 5.97 Å². The number of aliphatic carboxylic acids is 1. The molecular weight excluding hydrogens is 428 g/mol. The molecule has 11 nitrogen and oxygen atoms in total. The fourth-order valence-corrected chi connectivity index (χ4v) is 2.32. The molecule has 32 heavy (non-hydrogen) atoms. The van der Waals surface area contributed by atoms with Gasteiger partial charge in [-0.1, -0.05) is 58.3 Å². The lowest BCUT2D eigenvalue weighted by Gasteiger charge is -2.24. The summed E-state index contributed by atoms with van der Waals surface area (Å²) in [4.78, 5) is 10.2. The van der Waals surface area contributed by atoms with Gasteiger partial charge in [-0.15, -0.1) is 0 Å². The molecular formula is C21H46O11. The van der Waals surface area contributed by atoms with Crippen molar-refractivity contribution in [1.82, 2.24) is 0 Å². The fourth-order valence-electron chi connectivity index (χ4n) is 2.32. The Hall–Kier alpha value is -0.890. The van der Waals surface area contributed by atoms with Crippen LogP contribution in [0.4, 0.5) is 0 Å². The third-order valence-electron chi connectivity index (χ3n) is 4.43. The molecule has 4 atom stereocenters. The Bertz CT molecular complexity index is 367. The molecule has 0 rings (SSSR count). The lowest BCUT2D eigenvalue weighted by Crippen LogP contribution is -2.46. The maximum Gasteiger partial charge on any atom is 0.303 e. The molecule has 0 saturated heterocycles. The molecule has 0 heterocycles. The van der Waals surface area contributed by atoms with Gasteiger partial charge < -0.3 is 51.1 Å². The van der Waals surface area contributed by atoms with Gasteiger partial charge in [-0.2, -0.15) is 0 Å². The Labute approximate surface area is 190 Å². The predicted molar refractivity (Wildman–Crippen MR) is 118 cm³/mol. The van der Waals surface area contributed by atoms with Crippen molar-refractivity contribution in [2.75, 3.05) is 26.4 Å². The second-order valence-corrected chi connectivity index (χ2v) is 7.47. The van der Waals surface area contributed by atoms with Crippen molar-refractivity contribution in [3.8, 4) is 0 Å². The highest BCUT2D eigenvalue weighted by atomic mass is 16.4. The summed E-state index contributed by atoms with van der Waals surface area (Å²) in [5.41, 5.74) is 0. The van der Waals surface area contributed by atoms with Gasteiger partial charge in [-0.25, -0.2) is 0 Å². The number of hydrogen-bond acceptors (Lipinski definition) is 10. The Morgan fingerprint density at radius 1 is 0.594 bits per heavy atom. The Morgan fingerprint density at radius 3 is 1.19 bits per heavy atom. The first-order chi connectivity index (χ1) is 15.1. The summed E-state index contributed by atoms with van der Waals surface area (Å²) < 4.78 is 0. The summed E-state index contributed by atoms with van der Waals surface area (Å²) in [6.45, 7) is 0.0473. The average molecular weight is 475 g/mol. The molecule has 0 radical (unpaired) electrons. The number of aliphatic hydroxyl groups is 9. The van der Waals surface area contributed by atoms with E-state index in [2.05, 4.69) is 6.92 Å². The first-order valence-electron chi connectivity index (χ1n) is 11.2. The molecule has 0 aliphatic rings. The molecule has 4 unspecified atom stereocenters. The van der Waals surface area contributed by atoms with E-state index in [1.54, 1.807) is 0 Å². The minimum atomic E-state index is -1.67. The van der Waals surface area contributed by atoms with Crippen LogP contribution in [0.15, 0.2) is 0 Å². The normalized spacial score (nSPS) is 14.5. The van der Waals surface area contributed by atoms with Gasteiger partial charge in [-0.05, 0) is 6.42 Å². The zero-order valence-corrected chi connectivity index (χ0v) is 19.2. The van der Waals surface area contributed by atoms with E-state index in [1.807, 2.05) is 0 Å². The van der Waals surface area contributed by atoms with E-state index in [0.717, 1.165) is 12.8 Å². The van der Waals surface area contributed by atoms with Gasteiger partial charge in [0.05, 0.1) is 26.4 Å². The Balaban J connectivity index is -0.000000425. The SMILES string of the molecule is CCCCCCCCCCCC(=O)O.OCC(O)C(O)C(O)C(O)CO.OCC(O)CO. The van der Waals surface area contributed by atoms with Crippen LogP contribution in [-0.2, 0) is 4.79 Å². The van der Waals surface area contributed by atoms with Gasteiger partial charge in [0.2, 0.25) is 0 Å². The van der Waals surface area contributed by atoms with Crippen LogP contribution in [0, 0.1) is 0 Å². The van der Waals surface area contributed by atoms with Crippen molar-refractivity contribution in [3.05, 3.63) is 0 Å². The van der Waals surface area contributed by atoms with Crippen LogP contribution in [-0.4, -0.2) is 114 Å². The van der Waals surface area contributed by atoms with Crippen molar-refractivity contribution in [2.45, 2.75) is 102 Å². The fraction of sp³-hybridized carbons (Fsp3) is 0.952. The first kappa shape index (κ1) is 35.7. The maximum absolute atomic E-state index is 10.2. The summed E-state index contributed by atoms with van der Waals surface area (Å²) >= 11 is 0. The first-order valence-corrected chi connectivity index (χ1v) is 11.2. The average Bonchev–Trinajstić information content (AvgIpc) is 2.80. The number of carbonyl (C=O) groups is 1. The molecule has 0 aromatic heterocycles. The highest BCUT2D eigenvalue weighted by Crippen LogP contribution is 2.10. The summed E-state index contributed by atoms with van der Waals surface area (Å²) in [6, 6.07) is 0. The topological polar surface area (TPSA) is 219 Å². The second-order valence-electron chi connectivity index (χ2n) is 7.47. The molecule has 0 aromatic carbocycles. The third kappa shape index (κ3) is 25.4. The zero-order chi connectivity index (χ0) is 25.4. The van der Waals surface area contributed by atoms with Crippen molar-refractivity contribution in [3.63, 3.8) is 0 Å². The molecule has 0 aliphatic heterocycles.